The maximum atomic E-state index is 4.39. The van der Waals surface area contributed by atoms with Gasteiger partial charge in [-0.3, -0.25) is 4.68 Å². The van der Waals surface area contributed by atoms with E-state index in [9.17, 15) is 0 Å². The average Bonchev–Trinajstić information content (AvgIpc) is 2.77. The molecule has 1 aromatic heterocycles. The standard InChI is InChI=1S/C13H26N4/c1-5-8-17-13(15-10-16-17)9-12(14-4)11(6-2)7-3/h10-12,14H,5-9H2,1-4H3. The van der Waals surface area contributed by atoms with Gasteiger partial charge in [0, 0.05) is 19.0 Å². The van der Waals surface area contributed by atoms with Crippen LogP contribution in [0.1, 0.15) is 45.9 Å². The van der Waals surface area contributed by atoms with Crippen molar-refractivity contribution < 1.29 is 0 Å². The number of nitrogens with zero attached hydrogens (tertiary/aromatic N) is 3. The van der Waals surface area contributed by atoms with E-state index in [2.05, 4.69) is 36.2 Å². The monoisotopic (exact) mass is 238 g/mol. The van der Waals surface area contributed by atoms with Crippen molar-refractivity contribution in [2.75, 3.05) is 7.05 Å². The molecule has 1 unspecified atom stereocenters. The molecule has 0 saturated heterocycles. The summed E-state index contributed by atoms with van der Waals surface area (Å²) in [7, 11) is 2.05. The van der Waals surface area contributed by atoms with E-state index in [1.165, 1.54) is 12.8 Å². The molecule has 1 heterocycles. The minimum absolute atomic E-state index is 0.504. The molecule has 0 bridgehead atoms. The number of rotatable bonds is 8. The number of hydrogen-bond acceptors (Lipinski definition) is 3. The topological polar surface area (TPSA) is 42.7 Å². The third kappa shape index (κ3) is 3.80. The highest BCUT2D eigenvalue weighted by Gasteiger charge is 2.19. The van der Waals surface area contributed by atoms with Crippen LogP contribution in [0.15, 0.2) is 6.33 Å². The van der Waals surface area contributed by atoms with Crippen molar-refractivity contribution in [2.45, 2.75) is 59.0 Å². The molecule has 4 heteroatoms. The van der Waals surface area contributed by atoms with Gasteiger partial charge in [0.05, 0.1) is 0 Å². The molecule has 1 rings (SSSR count). The summed E-state index contributed by atoms with van der Waals surface area (Å²) in [6.45, 7) is 7.65. The number of aryl methyl sites for hydroxylation is 1. The molecule has 98 valence electrons. The van der Waals surface area contributed by atoms with Gasteiger partial charge in [0.25, 0.3) is 0 Å². The lowest BCUT2D eigenvalue weighted by Gasteiger charge is -2.24. The highest BCUT2D eigenvalue weighted by Crippen LogP contribution is 2.16. The van der Waals surface area contributed by atoms with E-state index in [1.54, 1.807) is 6.33 Å². The molecule has 0 aliphatic rings. The zero-order valence-corrected chi connectivity index (χ0v) is 11.6. The Morgan fingerprint density at radius 3 is 2.53 bits per heavy atom. The molecule has 1 N–H and O–H groups in total. The maximum absolute atomic E-state index is 4.39. The normalized spacial score (nSPS) is 13.2. The second kappa shape index (κ2) is 7.43. The van der Waals surface area contributed by atoms with E-state index in [1.807, 2.05) is 11.7 Å². The first-order valence-electron chi connectivity index (χ1n) is 6.80. The van der Waals surface area contributed by atoms with Crippen LogP contribution >= 0.6 is 0 Å². The largest absolute Gasteiger partial charge is 0.316 e. The van der Waals surface area contributed by atoms with Gasteiger partial charge in [-0.15, -0.1) is 0 Å². The van der Waals surface area contributed by atoms with E-state index in [0.29, 0.717) is 12.0 Å². The van der Waals surface area contributed by atoms with Crippen molar-refractivity contribution in [1.82, 2.24) is 20.1 Å². The summed E-state index contributed by atoms with van der Waals surface area (Å²) >= 11 is 0. The van der Waals surface area contributed by atoms with Crippen LogP contribution in [0.3, 0.4) is 0 Å². The van der Waals surface area contributed by atoms with E-state index >= 15 is 0 Å². The van der Waals surface area contributed by atoms with E-state index in [-0.39, 0.29) is 0 Å². The molecule has 0 saturated carbocycles. The van der Waals surface area contributed by atoms with Crippen molar-refractivity contribution in [3.63, 3.8) is 0 Å². The molecule has 1 atom stereocenters. The summed E-state index contributed by atoms with van der Waals surface area (Å²) in [6, 6.07) is 0.504. The molecule has 0 radical (unpaired) electrons. The van der Waals surface area contributed by atoms with Gasteiger partial charge >= 0.3 is 0 Å². The Hall–Kier alpha value is -0.900. The Morgan fingerprint density at radius 2 is 2.00 bits per heavy atom. The first kappa shape index (κ1) is 14.2. The lowest BCUT2D eigenvalue weighted by molar-refractivity contribution is 0.339. The van der Waals surface area contributed by atoms with Crippen LogP contribution in [-0.2, 0) is 13.0 Å². The van der Waals surface area contributed by atoms with Crippen molar-refractivity contribution in [2.24, 2.45) is 5.92 Å². The highest BCUT2D eigenvalue weighted by atomic mass is 15.3. The zero-order chi connectivity index (χ0) is 12.7. The molecule has 0 spiro atoms. The summed E-state index contributed by atoms with van der Waals surface area (Å²) in [6.07, 6.45) is 6.17. The molecular formula is C13H26N4. The zero-order valence-electron chi connectivity index (χ0n) is 11.6. The van der Waals surface area contributed by atoms with E-state index in [4.69, 9.17) is 0 Å². The average molecular weight is 238 g/mol. The van der Waals surface area contributed by atoms with Crippen molar-refractivity contribution in [3.8, 4) is 0 Å². The van der Waals surface area contributed by atoms with Gasteiger partial charge in [0.2, 0.25) is 0 Å². The molecule has 1 aromatic rings. The minimum atomic E-state index is 0.504. The predicted octanol–water partition coefficient (Wildman–Crippen LogP) is 2.25. The number of likely N-dealkylation sites (N-methyl/N-ethyl adjacent to an activating group) is 1. The number of aromatic nitrogens is 3. The molecule has 0 aromatic carbocycles. The number of nitrogens with one attached hydrogen (secondary N) is 1. The second-order valence-electron chi connectivity index (χ2n) is 4.58. The van der Waals surface area contributed by atoms with Gasteiger partial charge in [-0.25, -0.2) is 4.98 Å². The highest BCUT2D eigenvalue weighted by molar-refractivity contribution is 4.91. The fourth-order valence-electron chi connectivity index (χ4n) is 2.40. The molecule has 0 amide bonds. The lowest BCUT2D eigenvalue weighted by Crippen LogP contribution is -2.36. The van der Waals surface area contributed by atoms with Crippen LogP contribution in [0.25, 0.3) is 0 Å². The Morgan fingerprint density at radius 1 is 1.29 bits per heavy atom. The van der Waals surface area contributed by atoms with Gasteiger partial charge in [0.1, 0.15) is 12.2 Å². The summed E-state index contributed by atoms with van der Waals surface area (Å²) in [5.41, 5.74) is 0. The van der Waals surface area contributed by atoms with Gasteiger partial charge in [0.15, 0.2) is 0 Å². The third-order valence-corrected chi connectivity index (χ3v) is 3.52. The van der Waals surface area contributed by atoms with Crippen LogP contribution in [-0.4, -0.2) is 27.9 Å². The molecule has 0 aliphatic carbocycles. The third-order valence-electron chi connectivity index (χ3n) is 3.52. The Kier molecular flexibility index (Phi) is 6.19. The van der Waals surface area contributed by atoms with Crippen LogP contribution in [0.2, 0.25) is 0 Å². The fourth-order valence-corrected chi connectivity index (χ4v) is 2.40. The van der Waals surface area contributed by atoms with Crippen LogP contribution in [0, 0.1) is 5.92 Å². The lowest BCUT2D eigenvalue weighted by atomic mass is 9.92. The first-order valence-corrected chi connectivity index (χ1v) is 6.80. The Balaban J connectivity index is 2.69. The van der Waals surface area contributed by atoms with Crippen molar-refractivity contribution in [1.29, 1.82) is 0 Å². The first-order chi connectivity index (χ1) is 8.26. The molecule has 0 aliphatic heterocycles. The molecule has 17 heavy (non-hydrogen) atoms. The van der Waals surface area contributed by atoms with Crippen LogP contribution in [0.5, 0.6) is 0 Å². The minimum Gasteiger partial charge on any atom is -0.316 e. The van der Waals surface area contributed by atoms with Crippen molar-refractivity contribution >= 4 is 0 Å². The van der Waals surface area contributed by atoms with Gasteiger partial charge in [-0.05, 0) is 19.4 Å². The van der Waals surface area contributed by atoms with Gasteiger partial charge < -0.3 is 5.32 Å². The molecular weight excluding hydrogens is 212 g/mol. The van der Waals surface area contributed by atoms with Crippen LogP contribution < -0.4 is 5.32 Å². The summed E-state index contributed by atoms with van der Waals surface area (Å²) in [5.74, 6) is 1.82. The summed E-state index contributed by atoms with van der Waals surface area (Å²) in [4.78, 5) is 4.39. The summed E-state index contributed by atoms with van der Waals surface area (Å²) < 4.78 is 2.03. The number of hydrogen-bond donors (Lipinski definition) is 1. The maximum Gasteiger partial charge on any atom is 0.138 e. The smallest absolute Gasteiger partial charge is 0.138 e. The summed E-state index contributed by atoms with van der Waals surface area (Å²) in [5, 5.41) is 7.71. The van der Waals surface area contributed by atoms with Crippen LogP contribution in [0.4, 0.5) is 0 Å². The van der Waals surface area contributed by atoms with Gasteiger partial charge in [-0.1, -0.05) is 33.6 Å². The second-order valence-corrected chi connectivity index (χ2v) is 4.58. The Labute approximate surface area is 105 Å². The predicted molar refractivity (Wildman–Crippen MR) is 70.9 cm³/mol. The molecule has 4 nitrogen and oxygen atoms in total. The van der Waals surface area contributed by atoms with Crippen molar-refractivity contribution in [3.05, 3.63) is 12.2 Å². The quantitative estimate of drug-likeness (QED) is 0.755. The molecule has 0 fully saturated rings. The van der Waals surface area contributed by atoms with E-state index < -0.39 is 0 Å². The van der Waals surface area contributed by atoms with Gasteiger partial charge in [-0.2, -0.15) is 5.10 Å². The fraction of sp³-hybridized carbons (Fsp3) is 0.846. The Bertz CT molecular complexity index is 304. The SMILES string of the molecule is CCCn1ncnc1CC(NC)C(CC)CC. The van der Waals surface area contributed by atoms with E-state index in [0.717, 1.165) is 25.2 Å².